The molecule has 2 rings (SSSR count). The lowest BCUT2D eigenvalue weighted by atomic mass is 10.1. The smallest absolute Gasteiger partial charge is 0.351 e. The molecule has 0 aliphatic carbocycles. The fourth-order valence-electron chi connectivity index (χ4n) is 3.01. The predicted octanol–water partition coefficient (Wildman–Crippen LogP) is 2.96. The first-order valence-corrected chi connectivity index (χ1v) is 8.77. The van der Waals surface area contributed by atoms with Gasteiger partial charge in [-0.25, -0.2) is 0 Å². The van der Waals surface area contributed by atoms with Crippen LogP contribution in [0, 0.1) is 6.92 Å². The maximum absolute atomic E-state index is 12.4. The summed E-state index contributed by atoms with van der Waals surface area (Å²) < 4.78 is 13.7. The van der Waals surface area contributed by atoms with Crippen molar-refractivity contribution in [2.75, 3.05) is 5.73 Å². The number of nitrogens with two attached hydrogens (primary N) is 1. The third-order valence-corrected chi connectivity index (χ3v) is 6.30. The summed E-state index contributed by atoms with van der Waals surface area (Å²) in [6.45, 7) is 5.09. The molecule has 128 valence electrons. The van der Waals surface area contributed by atoms with E-state index in [2.05, 4.69) is 0 Å². The first-order valence-electron chi connectivity index (χ1n) is 7.16. The minimum absolute atomic E-state index is 0. The summed E-state index contributed by atoms with van der Waals surface area (Å²) in [6, 6.07) is 4.96. The van der Waals surface area contributed by atoms with Gasteiger partial charge in [0.25, 0.3) is 0 Å². The number of fused-ring (bicyclic) bond motifs is 1. The van der Waals surface area contributed by atoms with Crippen LogP contribution in [-0.2, 0) is 9.85 Å². The molecule has 0 amide bonds. The Kier molecular flexibility index (Phi) is 5.70. The Morgan fingerprint density at radius 2 is 1.83 bits per heavy atom. The molecule has 0 aliphatic heterocycles. The second kappa shape index (κ2) is 6.65. The predicted molar refractivity (Wildman–Crippen MR) is 95.2 cm³/mol. The molecule has 1 heterocycles. The molecular formula is C15H22ClN2O4P. The number of hydrogen-bond donors (Lipinski definition) is 3. The molecular weight excluding hydrogens is 339 g/mol. The monoisotopic (exact) mass is 360 g/mol. The molecule has 0 saturated heterocycles. The maximum atomic E-state index is 12.4. The first kappa shape index (κ1) is 19.7. The number of anilines is 1. The molecule has 0 aliphatic rings. The van der Waals surface area contributed by atoms with Crippen LogP contribution in [0.1, 0.15) is 32.3 Å². The molecule has 4 N–H and O–H groups in total. The Morgan fingerprint density at radius 1 is 1.26 bits per heavy atom. The van der Waals surface area contributed by atoms with Crippen molar-refractivity contribution in [1.29, 1.82) is 0 Å². The van der Waals surface area contributed by atoms with Crippen LogP contribution in [0.3, 0.4) is 0 Å². The highest BCUT2D eigenvalue weighted by Crippen LogP contribution is 2.58. The Balaban J connectivity index is 0.00000264. The van der Waals surface area contributed by atoms with Gasteiger partial charge in [0.15, 0.2) is 5.43 Å². The number of nitrogen functional groups attached to an aromatic ring is 1. The van der Waals surface area contributed by atoms with E-state index in [-0.39, 0.29) is 30.7 Å². The summed E-state index contributed by atoms with van der Waals surface area (Å²) in [7, 11) is -4.46. The van der Waals surface area contributed by atoms with Crippen LogP contribution in [-0.4, -0.2) is 14.4 Å². The minimum atomic E-state index is -4.46. The van der Waals surface area contributed by atoms with E-state index in [1.165, 1.54) is 10.8 Å². The highest BCUT2D eigenvalue weighted by Gasteiger charge is 2.46. The van der Waals surface area contributed by atoms with E-state index >= 15 is 0 Å². The van der Waals surface area contributed by atoms with Crippen LogP contribution in [0.5, 0.6) is 0 Å². The number of halogens is 1. The largest absolute Gasteiger partial charge is 0.398 e. The van der Waals surface area contributed by atoms with E-state index in [1.807, 2.05) is 0 Å². The zero-order valence-electron chi connectivity index (χ0n) is 13.3. The van der Waals surface area contributed by atoms with Gasteiger partial charge in [0.2, 0.25) is 0 Å². The molecule has 1 aromatic heterocycles. The van der Waals surface area contributed by atoms with Crippen LogP contribution in [0.2, 0.25) is 0 Å². The Hall–Kier alpha value is -1.33. The number of nitrogens with zero attached hydrogens (tertiary/aromatic N) is 1. The van der Waals surface area contributed by atoms with Crippen molar-refractivity contribution in [3.63, 3.8) is 0 Å². The summed E-state index contributed by atoms with van der Waals surface area (Å²) in [5.74, 6) is 0. The molecule has 0 fully saturated rings. The van der Waals surface area contributed by atoms with Crippen molar-refractivity contribution in [2.24, 2.45) is 0 Å². The van der Waals surface area contributed by atoms with Gasteiger partial charge in [-0.15, -0.1) is 12.4 Å². The second-order valence-electron chi connectivity index (χ2n) is 5.49. The lowest BCUT2D eigenvalue weighted by molar-refractivity contribution is 0.268. The molecule has 0 spiro atoms. The summed E-state index contributed by atoms with van der Waals surface area (Å²) in [5.41, 5.74) is 6.88. The summed E-state index contributed by atoms with van der Waals surface area (Å²) in [6.07, 6.45) is 2.00. The van der Waals surface area contributed by atoms with E-state index in [4.69, 9.17) is 5.73 Å². The van der Waals surface area contributed by atoms with Crippen LogP contribution in [0.4, 0.5) is 5.69 Å². The molecule has 0 saturated carbocycles. The summed E-state index contributed by atoms with van der Waals surface area (Å²) >= 11 is 0. The van der Waals surface area contributed by atoms with Crippen molar-refractivity contribution >= 4 is 36.6 Å². The number of aryl methyl sites for hydroxylation is 1. The van der Waals surface area contributed by atoms with Crippen LogP contribution < -0.4 is 11.2 Å². The topological polar surface area (TPSA) is 106 Å². The van der Waals surface area contributed by atoms with E-state index in [0.717, 1.165) is 0 Å². The summed E-state index contributed by atoms with van der Waals surface area (Å²) in [4.78, 5) is 32.3. The second-order valence-corrected chi connectivity index (χ2v) is 7.41. The third-order valence-electron chi connectivity index (χ3n) is 4.37. The molecule has 1 aromatic carbocycles. The van der Waals surface area contributed by atoms with Crippen molar-refractivity contribution in [2.45, 2.75) is 38.9 Å². The van der Waals surface area contributed by atoms with Crippen molar-refractivity contribution in [1.82, 2.24) is 4.57 Å². The van der Waals surface area contributed by atoms with Crippen molar-refractivity contribution in [3.8, 4) is 0 Å². The standard InChI is InChI=1S/C15H21N2O4P.ClH/c1-4-15(5-2,22(19,20)21)17-9-10(3)14(18)13-11(16)7-6-8-12(13)17;/h6-9H,4-5,16H2,1-3H3,(H2,19,20,21);1H. The van der Waals surface area contributed by atoms with Gasteiger partial charge in [-0.2, -0.15) is 0 Å². The molecule has 0 bridgehead atoms. The molecule has 0 unspecified atom stereocenters. The van der Waals surface area contributed by atoms with E-state index in [0.29, 0.717) is 22.2 Å². The first-order chi connectivity index (χ1) is 10.2. The quantitative estimate of drug-likeness (QED) is 0.574. The molecule has 0 radical (unpaired) electrons. The van der Waals surface area contributed by atoms with Gasteiger partial charge in [-0.3, -0.25) is 9.36 Å². The zero-order valence-corrected chi connectivity index (χ0v) is 15.0. The highest BCUT2D eigenvalue weighted by atomic mass is 35.5. The Bertz CT molecular complexity index is 824. The number of benzene rings is 1. The average molecular weight is 361 g/mol. The van der Waals surface area contributed by atoms with Crippen LogP contribution >= 0.6 is 20.0 Å². The minimum Gasteiger partial charge on any atom is -0.398 e. The zero-order chi connectivity index (χ0) is 16.7. The molecule has 8 heteroatoms. The van der Waals surface area contributed by atoms with Gasteiger partial charge < -0.3 is 20.1 Å². The van der Waals surface area contributed by atoms with Crippen LogP contribution in [0.15, 0.2) is 29.2 Å². The number of rotatable bonds is 4. The molecule has 0 atom stereocenters. The Labute approximate surface area is 140 Å². The van der Waals surface area contributed by atoms with E-state index < -0.39 is 12.9 Å². The van der Waals surface area contributed by atoms with Crippen molar-refractivity contribution in [3.05, 3.63) is 40.2 Å². The van der Waals surface area contributed by atoms with Crippen LogP contribution in [0.25, 0.3) is 10.9 Å². The van der Waals surface area contributed by atoms with Gasteiger partial charge >= 0.3 is 7.60 Å². The van der Waals surface area contributed by atoms with Gasteiger partial charge in [0.1, 0.15) is 5.28 Å². The Morgan fingerprint density at radius 3 is 2.30 bits per heavy atom. The fraction of sp³-hybridized carbons (Fsp3) is 0.400. The number of hydrogen-bond acceptors (Lipinski definition) is 3. The van der Waals surface area contributed by atoms with Crippen molar-refractivity contribution < 1.29 is 14.4 Å². The molecule has 6 nitrogen and oxygen atoms in total. The lowest BCUT2D eigenvalue weighted by Gasteiger charge is -2.36. The molecule has 23 heavy (non-hydrogen) atoms. The molecule has 2 aromatic rings. The third kappa shape index (κ3) is 2.92. The average Bonchev–Trinajstić information content (AvgIpc) is 2.44. The highest BCUT2D eigenvalue weighted by molar-refractivity contribution is 7.52. The lowest BCUT2D eigenvalue weighted by Crippen LogP contribution is -2.34. The van der Waals surface area contributed by atoms with E-state index in [1.54, 1.807) is 39.0 Å². The van der Waals surface area contributed by atoms with Gasteiger partial charge in [-0.05, 0) is 31.9 Å². The number of pyridine rings is 1. The van der Waals surface area contributed by atoms with Gasteiger partial charge in [-0.1, -0.05) is 19.9 Å². The SMILES string of the molecule is CCC(CC)(n1cc(C)c(=O)c2c(N)cccc21)P(=O)(O)O.Cl. The van der Waals surface area contributed by atoms with Gasteiger partial charge in [0.05, 0.1) is 10.9 Å². The van der Waals surface area contributed by atoms with E-state index in [9.17, 15) is 19.1 Å². The fourth-order valence-corrected chi connectivity index (χ4v) is 4.28. The normalized spacial score (nSPS) is 12.2. The van der Waals surface area contributed by atoms with Gasteiger partial charge in [0, 0.05) is 17.4 Å². The maximum Gasteiger partial charge on any atom is 0.351 e. The summed E-state index contributed by atoms with van der Waals surface area (Å²) in [5, 5.41) is -1.08. The number of aromatic nitrogens is 1.